The van der Waals surface area contributed by atoms with Crippen molar-refractivity contribution in [3.63, 3.8) is 0 Å². The summed E-state index contributed by atoms with van der Waals surface area (Å²) in [5.74, 6) is 0.542. The number of thioether (sulfide) groups is 1. The van der Waals surface area contributed by atoms with E-state index in [1.165, 1.54) is 11.8 Å². The first-order valence-corrected chi connectivity index (χ1v) is 6.84. The molecule has 104 valence electrons. The molecular weight excluding hydrogens is 274 g/mol. The van der Waals surface area contributed by atoms with E-state index in [1.54, 1.807) is 31.8 Å². The van der Waals surface area contributed by atoms with Gasteiger partial charge in [-0.25, -0.2) is 9.97 Å². The number of aldehydes is 1. The highest BCUT2D eigenvalue weighted by Gasteiger charge is 2.22. The summed E-state index contributed by atoms with van der Waals surface area (Å²) in [4.78, 5) is 23.9. The van der Waals surface area contributed by atoms with Gasteiger partial charge in [-0.05, 0) is 19.9 Å². The van der Waals surface area contributed by atoms with Crippen LogP contribution in [0.25, 0.3) is 11.3 Å². The molecule has 0 aromatic carbocycles. The van der Waals surface area contributed by atoms with E-state index in [2.05, 4.69) is 15.0 Å². The summed E-state index contributed by atoms with van der Waals surface area (Å²) in [5, 5.41) is 0.705. The smallest absolute Gasteiger partial charge is 0.212 e. The third-order valence-electron chi connectivity index (χ3n) is 2.53. The van der Waals surface area contributed by atoms with Crippen LogP contribution < -0.4 is 4.74 Å². The number of hydrogen-bond donors (Lipinski definition) is 0. The molecule has 0 N–H and O–H groups in total. The van der Waals surface area contributed by atoms with Crippen molar-refractivity contribution in [2.24, 2.45) is 0 Å². The molecule has 0 unspecified atom stereocenters. The van der Waals surface area contributed by atoms with E-state index < -0.39 is 4.75 Å². The number of rotatable bonds is 5. The maximum Gasteiger partial charge on any atom is 0.212 e. The molecule has 2 heterocycles. The fraction of sp³-hybridized carbons (Fsp3) is 0.286. The van der Waals surface area contributed by atoms with Crippen molar-refractivity contribution in [1.82, 2.24) is 15.0 Å². The van der Waals surface area contributed by atoms with Gasteiger partial charge in [0, 0.05) is 30.2 Å². The third-order valence-corrected chi connectivity index (χ3v) is 3.64. The highest BCUT2D eigenvalue weighted by atomic mass is 32.2. The fourth-order valence-electron chi connectivity index (χ4n) is 1.51. The van der Waals surface area contributed by atoms with Crippen molar-refractivity contribution < 1.29 is 9.53 Å². The summed E-state index contributed by atoms with van der Waals surface area (Å²) in [6.07, 6.45) is 5.82. The van der Waals surface area contributed by atoms with Crippen LogP contribution in [0.2, 0.25) is 0 Å². The molecule has 20 heavy (non-hydrogen) atoms. The minimum Gasteiger partial charge on any atom is -0.481 e. The maximum absolute atomic E-state index is 11.1. The summed E-state index contributed by atoms with van der Waals surface area (Å²) in [6, 6.07) is 3.64. The molecule has 0 bridgehead atoms. The van der Waals surface area contributed by atoms with Crippen LogP contribution in [0.5, 0.6) is 5.88 Å². The second-order valence-electron chi connectivity index (χ2n) is 4.62. The van der Waals surface area contributed by atoms with Crippen molar-refractivity contribution in [2.45, 2.75) is 23.6 Å². The first kappa shape index (κ1) is 14.5. The number of nitrogens with zero attached hydrogens (tertiary/aromatic N) is 3. The first-order valence-electron chi connectivity index (χ1n) is 6.02. The standard InChI is InChI=1S/C14H15N3O2S/c1-14(2,9-18)20-13-12(15-6-7-16-13)10-4-5-11(19-3)17-8-10/h4-9H,1-3H3. The van der Waals surface area contributed by atoms with Gasteiger partial charge < -0.3 is 9.53 Å². The van der Waals surface area contributed by atoms with Crippen molar-refractivity contribution >= 4 is 18.0 Å². The fourth-order valence-corrected chi connectivity index (χ4v) is 2.44. The van der Waals surface area contributed by atoms with Crippen LogP contribution in [0.4, 0.5) is 0 Å². The van der Waals surface area contributed by atoms with Crippen LogP contribution in [-0.2, 0) is 4.79 Å². The molecule has 0 atom stereocenters. The quantitative estimate of drug-likeness (QED) is 0.622. The van der Waals surface area contributed by atoms with Gasteiger partial charge in [0.25, 0.3) is 0 Å². The number of pyridine rings is 1. The Balaban J connectivity index is 2.38. The molecule has 2 rings (SSSR count). The van der Waals surface area contributed by atoms with E-state index in [1.807, 2.05) is 19.9 Å². The topological polar surface area (TPSA) is 65.0 Å². The molecule has 0 saturated heterocycles. The van der Waals surface area contributed by atoms with Gasteiger partial charge in [-0.3, -0.25) is 4.98 Å². The monoisotopic (exact) mass is 289 g/mol. The Bertz CT molecular complexity index is 600. The Kier molecular flexibility index (Phi) is 4.34. The van der Waals surface area contributed by atoms with Crippen LogP contribution in [0, 0.1) is 0 Å². The van der Waals surface area contributed by atoms with Gasteiger partial charge in [0.2, 0.25) is 5.88 Å². The van der Waals surface area contributed by atoms with Crippen molar-refractivity contribution in [3.05, 3.63) is 30.7 Å². The van der Waals surface area contributed by atoms with Gasteiger partial charge in [0.15, 0.2) is 0 Å². The van der Waals surface area contributed by atoms with Gasteiger partial charge in [0.1, 0.15) is 17.0 Å². The van der Waals surface area contributed by atoms with E-state index in [0.29, 0.717) is 16.6 Å². The van der Waals surface area contributed by atoms with Gasteiger partial charge in [-0.1, -0.05) is 11.8 Å². The van der Waals surface area contributed by atoms with Crippen molar-refractivity contribution in [2.75, 3.05) is 7.11 Å². The molecule has 0 radical (unpaired) electrons. The van der Waals surface area contributed by atoms with Gasteiger partial charge in [-0.15, -0.1) is 0 Å². The number of hydrogen-bond acceptors (Lipinski definition) is 6. The van der Waals surface area contributed by atoms with Crippen LogP contribution >= 0.6 is 11.8 Å². The first-order chi connectivity index (χ1) is 9.55. The molecule has 0 saturated carbocycles. The Morgan fingerprint density at radius 2 is 1.95 bits per heavy atom. The molecule has 0 spiro atoms. The zero-order chi connectivity index (χ0) is 14.6. The number of carbonyl (C=O) groups is 1. The normalized spacial score (nSPS) is 11.2. The van der Waals surface area contributed by atoms with Crippen molar-refractivity contribution in [1.29, 1.82) is 0 Å². The van der Waals surface area contributed by atoms with Crippen LogP contribution in [-0.4, -0.2) is 33.1 Å². The van der Waals surface area contributed by atoms with Crippen LogP contribution in [0.3, 0.4) is 0 Å². The largest absolute Gasteiger partial charge is 0.481 e. The summed E-state index contributed by atoms with van der Waals surface area (Å²) in [6.45, 7) is 3.69. The van der Waals surface area contributed by atoms with Crippen LogP contribution in [0.15, 0.2) is 35.7 Å². The minimum atomic E-state index is -0.551. The van der Waals surface area contributed by atoms with E-state index in [9.17, 15) is 4.79 Å². The Labute approximate surface area is 121 Å². The number of carbonyl (C=O) groups excluding carboxylic acids is 1. The zero-order valence-corrected chi connectivity index (χ0v) is 12.3. The van der Waals surface area contributed by atoms with Crippen molar-refractivity contribution in [3.8, 4) is 17.1 Å². The Morgan fingerprint density at radius 1 is 1.20 bits per heavy atom. The zero-order valence-electron chi connectivity index (χ0n) is 11.5. The molecule has 2 aromatic rings. The van der Waals surface area contributed by atoms with Crippen LogP contribution in [0.1, 0.15) is 13.8 Å². The lowest BCUT2D eigenvalue weighted by Crippen LogP contribution is -2.16. The predicted molar refractivity (Wildman–Crippen MR) is 77.8 cm³/mol. The van der Waals surface area contributed by atoms with Gasteiger partial charge in [0.05, 0.1) is 11.9 Å². The summed E-state index contributed by atoms with van der Waals surface area (Å²) in [7, 11) is 1.57. The molecule has 5 nitrogen and oxygen atoms in total. The van der Waals surface area contributed by atoms with E-state index in [-0.39, 0.29) is 0 Å². The van der Waals surface area contributed by atoms with E-state index >= 15 is 0 Å². The van der Waals surface area contributed by atoms with Gasteiger partial charge >= 0.3 is 0 Å². The average molecular weight is 289 g/mol. The molecule has 2 aromatic heterocycles. The summed E-state index contributed by atoms with van der Waals surface area (Å²) < 4.78 is 4.48. The molecule has 0 aliphatic carbocycles. The lowest BCUT2D eigenvalue weighted by Gasteiger charge is -2.16. The Hall–Kier alpha value is -1.95. The average Bonchev–Trinajstić information content (AvgIpc) is 2.48. The van der Waals surface area contributed by atoms with E-state index in [0.717, 1.165) is 11.8 Å². The minimum absolute atomic E-state index is 0.542. The molecular formula is C14H15N3O2S. The molecule has 0 aliphatic rings. The highest BCUT2D eigenvalue weighted by molar-refractivity contribution is 8.01. The molecule has 6 heteroatoms. The highest BCUT2D eigenvalue weighted by Crippen LogP contribution is 2.35. The second kappa shape index (κ2) is 6.00. The van der Waals surface area contributed by atoms with E-state index in [4.69, 9.17) is 4.74 Å². The second-order valence-corrected chi connectivity index (χ2v) is 6.27. The molecule has 0 aliphatic heterocycles. The van der Waals surface area contributed by atoms with Gasteiger partial charge in [-0.2, -0.15) is 0 Å². The predicted octanol–water partition coefficient (Wildman–Crippen LogP) is 2.62. The summed E-state index contributed by atoms with van der Waals surface area (Å²) in [5.41, 5.74) is 1.55. The number of methoxy groups -OCH3 is 1. The lowest BCUT2D eigenvalue weighted by molar-refractivity contribution is -0.109. The lowest BCUT2D eigenvalue weighted by atomic mass is 10.2. The number of ether oxygens (including phenoxy) is 1. The SMILES string of the molecule is COc1ccc(-c2nccnc2SC(C)(C)C=O)cn1. The molecule has 0 amide bonds. The molecule has 0 fully saturated rings. The number of aromatic nitrogens is 3. The Morgan fingerprint density at radius 3 is 2.55 bits per heavy atom. The summed E-state index contributed by atoms with van der Waals surface area (Å²) >= 11 is 1.38. The maximum atomic E-state index is 11.1. The third kappa shape index (κ3) is 3.33.